The smallest absolute Gasteiger partial charge is 0.283 e. The maximum Gasteiger partial charge on any atom is 0.283 e. The van der Waals surface area contributed by atoms with Crippen LogP contribution in [0.1, 0.15) is 11.1 Å². The van der Waals surface area contributed by atoms with Crippen LogP contribution in [0.3, 0.4) is 0 Å². The molecule has 0 amide bonds. The van der Waals surface area contributed by atoms with Gasteiger partial charge in [0.2, 0.25) is 0 Å². The summed E-state index contributed by atoms with van der Waals surface area (Å²) in [6.45, 7) is 2.59. The van der Waals surface area contributed by atoms with Crippen LogP contribution in [0.5, 0.6) is 0 Å². The molecule has 3 rings (SSSR count). The molecule has 16 heavy (non-hydrogen) atoms. The average Bonchev–Trinajstić information content (AvgIpc) is 2.81. The van der Waals surface area contributed by atoms with Crippen LogP contribution in [0.2, 0.25) is 6.82 Å². The van der Waals surface area contributed by atoms with E-state index >= 15 is 0 Å². The van der Waals surface area contributed by atoms with Gasteiger partial charge in [0, 0.05) is 5.69 Å². The number of rotatable bonds is 1. The van der Waals surface area contributed by atoms with Crippen LogP contribution < -0.4 is 5.23 Å². The SMILES string of the molecule is CB1Nc2ccccc2C=C1c1ccsc1. The van der Waals surface area contributed by atoms with Crippen molar-refractivity contribution in [2.75, 3.05) is 5.23 Å². The van der Waals surface area contributed by atoms with Crippen LogP contribution >= 0.6 is 11.3 Å². The summed E-state index contributed by atoms with van der Waals surface area (Å²) in [5.74, 6) is 0. The number of hydrogen-bond donors (Lipinski definition) is 1. The van der Waals surface area contributed by atoms with Crippen LogP contribution in [-0.4, -0.2) is 6.85 Å². The van der Waals surface area contributed by atoms with Crippen molar-refractivity contribution in [3.63, 3.8) is 0 Å². The van der Waals surface area contributed by atoms with Crippen LogP contribution in [0.4, 0.5) is 5.69 Å². The lowest BCUT2D eigenvalue weighted by atomic mass is 9.54. The quantitative estimate of drug-likeness (QED) is 0.726. The predicted octanol–water partition coefficient (Wildman–Crippen LogP) is 3.87. The number of hydrogen-bond acceptors (Lipinski definition) is 2. The molecule has 0 radical (unpaired) electrons. The van der Waals surface area contributed by atoms with Crippen molar-refractivity contribution >= 4 is 35.4 Å². The Hall–Kier alpha value is -1.48. The summed E-state index contributed by atoms with van der Waals surface area (Å²) in [6.07, 6.45) is 2.29. The number of anilines is 1. The molecule has 0 bridgehead atoms. The largest absolute Gasteiger partial charge is 0.424 e. The average molecular weight is 225 g/mol. The van der Waals surface area contributed by atoms with E-state index in [-0.39, 0.29) is 0 Å². The van der Waals surface area contributed by atoms with Gasteiger partial charge in [-0.25, -0.2) is 0 Å². The van der Waals surface area contributed by atoms with Gasteiger partial charge in [0.1, 0.15) is 0 Å². The monoisotopic (exact) mass is 225 g/mol. The van der Waals surface area contributed by atoms with Gasteiger partial charge in [-0.15, -0.1) is 0 Å². The van der Waals surface area contributed by atoms with E-state index in [0.717, 1.165) is 0 Å². The Kier molecular flexibility index (Phi) is 2.33. The van der Waals surface area contributed by atoms with Crippen LogP contribution in [0.15, 0.2) is 41.1 Å². The minimum atomic E-state index is 0.379. The molecule has 1 aliphatic rings. The van der Waals surface area contributed by atoms with Gasteiger partial charge in [-0.3, -0.25) is 0 Å². The molecule has 1 aliphatic heterocycles. The number of para-hydroxylation sites is 1. The third-order valence-corrected chi connectivity index (χ3v) is 3.65. The van der Waals surface area contributed by atoms with E-state index < -0.39 is 0 Å². The summed E-state index contributed by atoms with van der Waals surface area (Å²) in [5, 5.41) is 7.87. The Labute approximate surface area is 99.9 Å². The molecule has 0 saturated heterocycles. The normalized spacial score (nSPS) is 14.1. The van der Waals surface area contributed by atoms with Gasteiger partial charge in [-0.05, 0) is 39.5 Å². The highest BCUT2D eigenvalue weighted by Crippen LogP contribution is 2.31. The van der Waals surface area contributed by atoms with Gasteiger partial charge in [0.15, 0.2) is 0 Å². The first kappa shape index (κ1) is 9.73. The molecule has 3 heteroatoms. The van der Waals surface area contributed by atoms with Crippen LogP contribution in [0.25, 0.3) is 11.5 Å². The van der Waals surface area contributed by atoms with Gasteiger partial charge in [0.05, 0.1) is 0 Å². The Bertz CT molecular complexity index is 531. The summed E-state index contributed by atoms with van der Waals surface area (Å²) < 4.78 is 0. The molecular weight excluding hydrogens is 213 g/mol. The topological polar surface area (TPSA) is 12.0 Å². The fourth-order valence-corrected chi connectivity index (χ4v) is 2.78. The van der Waals surface area contributed by atoms with Crippen LogP contribution in [0, 0.1) is 0 Å². The van der Waals surface area contributed by atoms with E-state index in [1.165, 1.54) is 22.3 Å². The summed E-state index contributed by atoms with van der Waals surface area (Å²) in [7, 11) is 0. The predicted molar refractivity (Wildman–Crippen MR) is 73.9 cm³/mol. The molecule has 1 aromatic heterocycles. The summed E-state index contributed by atoms with van der Waals surface area (Å²) in [5.41, 5.74) is 5.22. The van der Waals surface area contributed by atoms with Gasteiger partial charge in [-0.2, -0.15) is 11.3 Å². The van der Waals surface area contributed by atoms with Gasteiger partial charge < -0.3 is 5.23 Å². The van der Waals surface area contributed by atoms with Gasteiger partial charge in [-0.1, -0.05) is 31.1 Å². The molecule has 0 fully saturated rings. The van der Waals surface area contributed by atoms with Gasteiger partial charge >= 0.3 is 0 Å². The van der Waals surface area contributed by atoms with Crippen molar-refractivity contribution in [2.45, 2.75) is 6.82 Å². The molecule has 2 aromatic rings. The van der Waals surface area contributed by atoms with Crippen LogP contribution in [-0.2, 0) is 0 Å². The third-order valence-electron chi connectivity index (χ3n) is 2.96. The molecule has 0 unspecified atom stereocenters. The zero-order valence-electron chi connectivity index (χ0n) is 9.10. The second-order valence-corrected chi connectivity index (χ2v) is 4.85. The van der Waals surface area contributed by atoms with E-state index in [1.807, 2.05) is 0 Å². The van der Waals surface area contributed by atoms with Crippen molar-refractivity contribution < 1.29 is 0 Å². The molecular formula is C13H12BNS. The third kappa shape index (κ3) is 1.57. The summed E-state index contributed by atoms with van der Waals surface area (Å²) >= 11 is 1.75. The first-order valence-electron chi connectivity index (χ1n) is 5.44. The maximum absolute atomic E-state index is 3.53. The van der Waals surface area contributed by atoms with E-state index in [2.05, 4.69) is 59.2 Å². The first-order valence-corrected chi connectivity index (χ1v) is 6.38. The number of fused-ring (bicyclic) bond motifs is 1. The summed E-state index contributed by atoms with van der Waals surface area (Å²) in [4.78, 5) is 0. The second-order valence-electron chi connectivity index (χ2n) is 4.06. The Balaban J connectivity index is 2.11. The van der Waals surface area contributed by atoms with Crippen molar-refractivity contribution in [2.24, 2.45) is 0 Å². The van der Waals surface area contributed by atoms with E-state index in [4.69, 9.17) is 0 Å². The molecule has 0 atom stereocenters. The fraction of sp³-hybridized carbons (Fsp3) is 0.0769. The lowest BCUT2D eigenvalue weighted by molar-refractivity contribution is 1.59. The number of thiophene rings is 1. The molecule has 1 N–H and O–H groups in total. The highest BCUT2D eigenvalue weighted by molar-refractivity contribution is 7.08. The lowest BCUT2D eigenvalue weighted by Gasteiger charge is -2.22. The molecule has 0 spiro atoms. The van der Waals surface area contributed by atoms with Crippen molar-refractivity contribution in [1.82, 2.24) is 0 Å². The number of nitrogens with one attached hydrogen (secondary N) is 1. The highest BCUT2D eigenvalue weighted by atomic mass is 32.1. The second kappa shape index (κ2) is 3.83. The molecule has 0 aliphatic carbocycles. The highest BCUT2D eigenvalue weighted by Gasteiger charge is 2.21. The van der Waals surface area contributed by atoms with E-state index in [9.17, 15) is 0 Å². The Morgan fingerprint density at radius 1 is 1.19 bits per heavy atom. The molecule has 1 nitrogen and oxygen atoms in total. The molecule has 78 valence electrons. The molecule has 0 saturated carbocycles. The zero-order valence-corrected chi connectivity index (χ0v) is 9.92. The van der Waals surface area contributed by atoms with Crippen molar-refractivity contribution in [1.29, 1.82) is 0 Å². The van der Waals surface area contributed by atoms with Crippen molar-refractivity contribution in [3.05, 3.63) is 52.2 Å². The molecule has 2 heterocycles. The minimum absolute atomic E-state index is 0.379. The lowest BCUT2D eigenvalue weighted by Crippen LogP contribution is -2.25. The van der Waals surface area contributed by atoms with Crippen molar-refractivity contribution in [3.8, 4) is 0 Å². The van der Waals surface area contributed by atoms with E-state index in [1.54, 1.807) is 11.3 Å². The zero-order chi connectivity index (χ0) is 11.0. The first-order chi connectivity index (χ1) is 7.84. The van der Waals surface area contributed by atoms with Gasteiger partial charge in [0.25, 0.3) is 6.85 Å². The molecule has 1 aromatic carbocycles. The summed E-state index contributed by atoms with van der Waals surface area (Å²) in [6, 6.07) is 10.6. The Morgan fingerprint density at radius 3 is 2.88 bits per heavy atom. The Morgan fingerprint density at radius 2 is 2.06 bits per heavy atom. The van der Waals surface area contributed by atoms with E-state index in [0.29, 0.717) is 6.85 Å². The number of benzene rings is 1. The fourth-order valence-electron chi connectivity index (χ4n) is 2.12. The maximum atomic E-state index is 3.53. The standard InChI is InChI=1S/C13H12BNS/c1-14-12(11-6-7-16-9-11)8-10-4-2-3-5-13(10)15-14/h2-9,15H,1H3. The minimum Gasteiger partial charge on any atom is -0.424 e.